The van der Waals surface area contributed by atoms with Gasteiger partial charge in [-0.15, -0.1) is 0 Å². The van der Waals surface area contributed by atoms with Crippen molar-refractivity contribution in [3.8, 4) is 0 Å². The molecular weight excluding hydrogens is 236 g/mol. The molecule has 0 saturated heterocycles. The maximum Gasteiger partial charge on any atom is 0.249 e. The van der Waals surface area contributed by atoms with Gasteiger partial charge in [0, 0.05) is 14.9 Å². The molecule has 0 bridgehead atoms. The molecule has 5 nitrogen and oxygen atoms in total. The molecule has 0 aromatic heterocycles. The lowest BCUT2D eigenvalue weighted by Gasteiger charge is -2.01. The third-order valence-corrected chi connectivity index (χ3v) is 2.04. The van der Waals surface area contributed by atoms with E-state index >= 15 is 0 Å². The van der Waals surface area contributed by atoms with Crippen LogP contribution < -0.4 is 5.73 Å². The summed E-state index contributed by atoms with van der Waals surface area (Å²) < 4.78 is 0.543. The fourth-order valence-corrected chi connectivity index (χ4v) is 1.31. The molecule has 6 heteroatoms. The smallest absolute Gasteiger partial charge is 0.249 e. The van der Waals surface area contributed by atoms with E-state index in [-0.39, 0.29) is 11.3 Å². The lowest BCUT2D eigenvalue weighted by atomic mass is 10.2. The van der Waals surface area contributed by atoms with Crippen molar-refractivity contribution in [2.75, 3.05) is 0 Å². The molecule has 0 aliphatic carbocycles. The zero-order valence-electron chi connectivity index (χ0n) is 6.44. The van der Waals surface area contributed by atoms with Crippen molar-refractivity contribution in [3.63, 3.8) is 0 Å². The highest BCUT2D eigenvalue weighted by atomic mass is 79.9. The Morgan fingerprint density at radius 2 is 2.31 bits per heavy atom. The second kappa shape index (κ2) is 3.93. The van der Waals surface area contributed by atoms with Crippen LogP contribution in [0.2, 0.25) is 0 Å². The fourth-order valence-electron chi connectivity index (χ4n) is 0.861. The quantitative estimate of drug-likeness (QED) is 0.480. The van der Waals surface area contributed by atoms with Gasteiger partial charge in [0.05, 0.1) is 5.69 Å². The van der Waals surface area contributed by atoms with E-state index in [0.29, 0.717) is 4.47 Å². The van der Waals surface area contributed by atoms with Crippen LogP contribution in [0.5, 0.6) is 0 Å². The van der Waals surface area contributed by atoms with E-state index in [1.165, 1.54) is 6.07 Å². The number of amides is 1. The number of benzene rings is 1. The minimum Gasteiger partial charge on any atom is -0.366 e. The minimum absolute atomic E-state index is 0.201. The number of nitrogens with zero attached hydrogens (tertiary/aromatic N) is 3. The van der Waals surface area contributed by atoms with Gasteiger partial charge in [-0.2, -0.15) is 0 Å². The Bertz CT molecular complexity index is 397. The number of primary amides is 1. The summed E-state index contributed by atoms with van der Waals surface area (Å²) in [7, 11) is 0. The average molecular weight is 241 g/mol. The van der Waals surface area contributed by atoms with Crippen LogP contribution in [0.1, 0.15) is 10.4 Å². The Morgan fingerprint density at radius 1 is 1.62 bits per heavy atom. The van der Waals surface area contributed by atoms with Crippen molar-refractivity contribution in [2.45, 2.75) is 0 Å². The molecule has 0 unspecified atom stereocenters. The highest BCUT2D eigenvalue weighted by molar-refractivity contribution is 9.10. The topological polar surface area (TPSA) is 91.8 Å². The molecule has 1 rings (SSSR count). The van der Waals surface area contributed by atoms with Gasteiger partial charge in [0.1, 0.15) is 0 Å². The predicted octanol–water partition coefficient (Wildman–Crippen LogP) is 2.49. The molecule has 1 amide bonds. The van der Waals surface area contributed by atoms with E-state index < -0.39 is 5.91 Å². The first-order chi connectivity index (χ1) is 6.16. The third-order valence-electron chi connectivity index (χ3n) is 1.40. The lowest BCUT2D eigenvalue weighted by molar-refractivity contribution is 0.100. The Labute approximate surface area is 82.3 Å². The average Bonchev–Trinajstić information content (AvgIpc) is 2.08. The first kappa shape index (κ1) is 9.57. The number of azide groups is 1. The number of halogens is 1. The fraction of sp³-hybridized carbons (Fsp3) is 0. The molecule has 13 heavy (non-hydrogen) atoms. The van der Waals surface area contributed by atoms with Crippen LogP contribution in [0.4, 0.5) is 5.69 Å². The van der Waals surface area contributed by atoms with Gasteiger partial charge >= 0.3 is 0 Å². The number of carbonyl (C=O) groups is 1. The van der Waals surface area contributed by atoms with Crippen LogP contribution >= 0.6 is 15.9 Å². The molecule has 1 aromatic rings. The SMILES string of the molecule is [N-]=[N+]=Nc1c(Br)cccc1C(N)=O. The van der Waals surface area contributed by atoms with E-state index in [9.17, 15) is 4.79 Å². The largest absolute Gasteiger partial charge is 0.366 e. The van der Waals surface area contributed by atoms with Gasteiger partial charge in [-0.3, -0.25) is 4.79 Å². The predicted molar refractivity (Wildman–Crippen MR) is 51.5 cm³/mol. The molecule has 0 heterocycles. The number of hydrogen-bond donors (Lipinski definition) is 1. The van der Waals surface area contributed by atoms with Crippen molar-refractivity contribution in [1.82, 2.24) is 0 Å². The summed E-state index contributed by atoms with van der Waals surface area (Å²) >= 11 is 3.14. The van der Waals surface area contributed by atoms with E-state index in [1.54, 1.807) is 12.1 Å². The molecule has 0 spiro atoms. The summed E-state index contributed by atoms with van der Waals surface area (Å²) in [6.07, 6.45) is 0. The van der Waals surface area contributed by atoms with Crippen molar-refractivity contribution in [1.29, 1.82) is 0 Å². The number of nitrogens with two attached hydrogens (primary N) is 1. The summed E-state index contributed by atoms with van der Waals surface area (Å²) in [5.41, 5.74) is 13.7. The van der Waals surface area contributed by atoms with Gasteiger partial charge in [-0.25, -0.2) is 0 Å². The Hall–Kier alpha value is -1.52. The lowest BCUT2D eigenvalue weighted by Crippen LogP contribution is -2.10. The highest BCUT2D eigenvalue weighted by Gasteiger charge is 2.08. The zero-order chi connectivity index (χ0) is 9.84. The van der Waals surface area contributed by atoms with Gasteiger partial charge in [-0.1, -0.05) is 27.1 Å². The third kappa shape index (κ3) is 1.99. The van der Waals surface area contributed by atoms with Crippen molar-refractivity contribution in [3.05, 3.63) is 38.7 Å². The first-order valence-corrected chi connectivity index (χ1v) is 4.09. The van der Waals surface area contributed by atoms with Crippen molar-refractivity contribution >= 4 is 27.5 Å². The molecule has 0 radical (unpaired) electrons. The summed E-state index contributed by atoms with van der Waals surface area (Å²) in [4.78, 5) is 13.5. The molecular formula is C7H5BrN4O. The normalized spacial score (nSPS) is 9.00. The second-order valence-electron chi connectivity index (χ2n) is 2.19. The standard InChI is InChI=1S/C7H5BrN4O/c8-5-3-1-2-4(7(9)13)6(5)11-12-10/h1-3H,(H2,9,13). The van der Waals surface area contributed by atoms with Gasteiger partial charge in [-0.05, 0) is 17.7 Å². The Kier molecular flexibility index (Phi) is 2.89. The zero-order valence-corrected chi connectivity index (χ0v) is 8.02. The van der Waals surface area contributed by atoms with Crippen LogP contribution in [-0.2, 0) is 0 Å². The van der Waals surface area contributed by atoms with Crippen molar-refractivity contribution in [2.24, 2.45) is 10.8 Å². The van der Waals surface area contributed by atoms with Crippen LogP contribution in [0.3, 0.4) is 0 Å². The van der Waals surface area contributed by atoms with Gasteiger partial charge in [0.15, 0.2) is 0 Å². The second-order valence-corrected chi connectivity index (χ2v) is 3.04. The van der Waals surface area contributed by atoms with Crippen LogP contribution in [-0.4, -0.2) is 5.91 Å². The number of rotatable bonds is 2. The maximum absolute atomic E-state index is 10.9. The van der Waals surface area contributed by atoms with E-state index in [4.69, 9.17) is 11.3 Å². The molecule has 0 saturated carbocycles. The number of carbonyl (C=O) groups excluding carboxylic acids is 1. The first-order valence-electron chi connectivity index (χ1n) is 3.30. The van der Waals surface area contributed by atoms with Crippen molar-refractivity contribution < 1.29 is 4.79 Å². The molecule has 1 aromatic carbocycles. The maximum atomic E-state index is 10.9. The minimum atomic E-state index is -0.622. The Balaban J connectivity index is 3.42. The Morgan fingerprint density at radius 3 is 2.85 bits per heavy atom. The number of hydrogen-bond acceptors (Lipinski definition) is 2. The van der Waals surface area contributed by atoms with Gasteiger partial charge < -0.3 is 5.73 Å². The molecule has 0 aliphatic heterocycles. The summed E-state index contributed by atoms with van der Waals surface area (Å²) in [5, 5.41) is 3.36. The van der Waals surface area contributed by atoms with Gasteiger partial charge in [0.25, 0.3) is 0 Å². The molecule has 0 atom stereocenters. The summed E-state index contributed by atoms with van der Waals surface area (Å²) in [5.74, 6) is -0.622. The highest BCUT2D eigenvalue weighted by Crippen LogP contribution is 2.29. The molecule has 66 valence electrons. The summed E-state index contributed by atoms with van der Waals surface area (Å²) in [6, 6.07) is 4.80. The molecule has 0 aliphatic rings. The van der Waals surface area contributed by atoms with Crippen LogP contribution in [0.15, 0.2) is 27.8 Å². The van der Waals surface area contributed by atoms with E-state index in [2.05, 4.69) is 26.0 Å². The van der Waals surface area contributed by atoms with Crippen LogP contribution in [0, 0.1) is 0 Å². The van der Waals surface area contributed by atoms with Gasteiger partial charge in [0.2, 0.25) is 5.91 Å². The van der Waals surface area contributed by atoms with E-state index in [0.717, 1.165) is 0 Å². The molecule has 2 N–H and O–H groups in total. The molecule has 0 fully saturated rings. The monoisotopic (exact) mass is 240 g/mol. The van der Waals surface area contributed by atoms with Crippen LogP contribution in [0.25, 0.3) is 10.4 Å². The van der Waals surface area contributed by atoms with E-state index in [1.807, 2.05) is 0 Å². The summed E-state index contributed by atoms with van der Waals surface area (Å²) in [6.45, 7) is 0.